The topological polar surface area (TPSA) is 55.6 Å². The van der Waals surface area contributed by atoms with Crippen molar-refractivity contribution < 1.29 is 13.9 Å². The van der Waals surface area contributed by atoms with Crippen LogP contribution in [0.3, 0.4) is 0 Å². The number of hydrogen-bond acceptors (Lipinski definition) is 5. The zero-order valence-electron chi connectivity index (χ0n) is 11.8. The normalized spacial score (nSPS) is 16.4. The molecule has 1 saturated heterocycles. The quantitative estimate of drug-likeness (QED) is 0.792. The highest BCUT2D eigenvalue weighted by molar-refractivity contribution is 9.10. The lowest BCUT2D eigenvalue weighted by molar-refractivity contribution is -0.148. The van der Waals surface area contributed by atoms with Crippen molar-refractivity contribution in [3.63, 3.8) is 0 Å². The van der Waals surface area contributed by atoms with Crippen molar-refractivity contribution in [1.29, 1.82) is 0 Å². The fraction of sp³-hybridized carbons (Fsp3) is 0.467. The fourth-order valence-electron chi connectivity index (χ4n) is 2.59. The molecule has 0 spiro atoms. The molecule has 1 fully saturated rings. The summed E-state index contributed by atoms with van der Waals surface area (Å²) in [5, 5.41) is 0. The number of piperidine rings is 1. The van der Waals surface area contributed by atoms with Gasteiger partial charge in [-0.3, -0.25) is 4.79 Å². The Kier molecular flexibility index (Phi) is 4.14. The second-order valence-electron chi connectivity index (χ2n) is 5.12. The van der Waals surface area contributed by atoms with Crippen LogP contribution in [-0.2, 0) is 9.53 Å². The number of rotatable bonds is 3. The van der Waals surface area contributed by atoms with Gasteiger partial charge in [0.2, 0.25) is 0 Å². The van der Waals surface area contributed by atoms with Crippen LogP contribution in [0.2, 0.25) is 0 Å². The van der Waals surface area contributed by atoms with Crippen LogP contribution in [0.1, 0.15) is 19.8 Å². The molecule has 1 aliphatic heterocycles. The number of hydrogen-bond donors (Lipinski definition) is 0. The zero-order chi connectivity index (χ0) is 14.8. The highest BCUT2D eigenvalue weighted by Gasteiger charge is 2.28. The molecule has 1 aliphatic rings. The van der Waals surface area contributed by atoms with E-state index in [9.17, 15) is 4.79 Å². The van der Waals surface area contributed by atoms with Gasteiger partial charge >= 0.3 is 5.97 Å². The van der Waals surface area contributed by atoms with Gasteiger partial charge in [-0.15, -0.1) is 0 Å². The number of benzene rings is 1. The minimum atomic E-state index is -0.0846. The van der Waals surface area contributed by atoms with E-state index in [4.69, 9.17) is 9.15 Å². The van der Waals surface area contributed by atoms with Crippen molar-refractivity contribution >= 4 is 39.0 Å². The predicted octanol–water partition coefficient (Wildman–Crippen LogP) is 3.37. The molecule has 5 nitrogen and oxygen atoms in total. The van der Waals surface area contributed by atoms with Crippen LogP contribution in [0.15, 0.2) is 27.1 Å². The highest BCUT2D eigenvalue weighted by Crippen LogP contribution is 2.28. The van der Waals surface area contributed by atoms with Crippen molar-refractivity contribution in [2.45, 2.75) is 19.8 Å². The van der Waals surface area contributed by atoms with Gasteiger partial charge in [0, 0.05) is 17.6 Å². The molecule has 1 aromatic heterocycles. The van der Waals surface area contributed by atoms with Crippen LogP contribution in [0, 0.1) is 5.92 Å². The number of esters is 1. The van der Waals surface area contributed by atoms with Crippen molar-refractivity contribution in [2.75, 3.05) is 24.6 Å². The van der Waals surface area contributed by atoms with Crippen LogP contribution in [0.25, 0.3) is 11.1 Å². The van der Waals surface area contributed by atoms with Gasteiger partial charge in [0.25, 0.3) is 6.01 Å². The van der Waals surface area contributed by atoms with Crippen molar-refractivity contribution in [3.05, 3.63) is 22.7 Å². The average molecular weight is 353 g/mol. The number of ether oxygens (including phenoxy) is 1. The number of nitrogens with zero attached hydrogens (tertiary/aromatic N) is 2. The summed E-state index contributed by atoms with van der Waals surface area (Å²) in [5.41, 5.74) is 1.62. The van der Waals surface area contributed by atoms with Crippen LogP contribution < -0.4 is 4.90 Å². The van der Waals surface area contributed by atoms with Crippen molar-refractivity contribution in [3.8, 4) is 0 Å². The summed E-state index contributed by atoms with van der Waals surface area (Å²) < 4.78 is 11.8. The molecule has 2 heterocycles. The predicted molar refractivity (Wildman–Crippen MR) is 83.3 cm³/mol. The van der Waals surface area contributed by atoms with E-state index in [2.05, 4.69) is 25.8 Å². The molecule has 0 atom stereocenters. The Morgan fingerprint density at radius 2 is 2.24 bits per heavy atom. The molecule has 0 bridgehead atoms. The molecule has 0 unspecified atom stereocenters. The molecule has 21 heavy (non-hydrogen) atoms. The molecule has 0 saturated carbocycles. The molecule has 0 aliphatic carbocycles. The van der Waals surface area contributed by atoms with E-state index >= 15 is 0 Å². The Labute approximate surface area is 131 Å². The lowest BCUT2D eigenvalue weighted by Crippen LogP contribution is -2.37. The minimum absolute atomic E-state index is 0.000257. The van der Waals surface area contributed by atoms with E-state index in [1.54, 1.807) is 0 Å². The third kappa shape index (κ3) is 3.05. The smallest absolute Gasteiger partial charge is 0.309 e. The molecule has 3 rings (SSSR count). The molecule has 2 aromatic rings. The van der Waals surface area contributed by atoms with E-state index in [0.29, 0.717) is 12.6 Å². The first-order valence-corrected chi connectivity index (χ1v) is 7.94. The lowest BCUT2D eigenvalue weighted by atomic mass is 9.97. The molecular formula is C15H17BrN2O3. The Hall–Kier alpha value is -1.56. The summed E-state index contributed by atoms with van der Waals surface area (Å²) in [6, 6.07) is 6.41. The molecule has 0 radical (unpaired) electrons. The van der Waals surface area contributed by atoms with Gasteiger partial charge in [-0.25, -0.2) is 0 Å². The molecule has 0 N–H and O–H groups in total. The van der Waals surface area contributed by atoms with Crippen LogP contribution in [0.4, 0.5) is 6.01 Å². The van der Waals surface area contributed by atoms with E-state index in [0.717, 1.165) is 41.5 Å². The number of anilines is 1. The summed E-state index contributed by atoms with van der Waals surface area (Å²) in [6.07, 6.45) is 1.56. The Morgan fingerprint density at radius 3 is 2.95 bits per heavy atom. The first-order valence-electron chi connectivity index (χ1n) is 7.15. The third-order valence-corrected chi connectivity index (χ3v) is 4.22. The highest BCUT2D eigenvalue weighted by atomic mass is 79.9. The summed E-state index contributed by atoms with van der Waals surface area (Å²) in [6.45, 7) is 3.80. The molecule has 112 valence electrons. The fourth-order valence-corrected chi connectivity index (χ4v) is 2.94. The lowest BCUT2D eigenvalue weighted by Gasteiger charge is -2.29. The first-order chi connectivity index (χ1) is 10.2. The molecule has 1 aromatic carbocycles. The Bertz CT molecular complexity index is 647. The maximum Gasteiger partial charge on any atom is 0.309 e. The molecular weight excluding hydrogens is 336 g/mol. The SMILES string of the molecule is CCOC(=O)C1CCN(c2nc3cc(Br)ccc3o2)CC1. The van der Waals surface area contributed by atoms with E-state index < -0.39 is 0 Å². The first kappa shape index (κ1) is 14.4. The number of oxazole rings is 1. The largest absolute Gasteiger partial charge is 0.466 e. The van der Waals surface area contributed by atoms with Crippen LogP contribution >= 0.6 is 15.9 Å². The number of aromatic nitrogens is 1. The van der Waals surface area contributed by atoms with Gasteiger partial charge in [-0.2, -0.15) is 4.98 Å². The van der Waals surface area contributed by atoms with Gasteiger partial charge in [0.05, 0.1) is 12.5 Å². The summed E-state index contributed by atoms with van der Waals surface area (Å²) in [5.74, 6) is -0.0848. The van der Waals surface area contributed by atoms with Gasteiger partial charge in [-0.05, 0) is 38.0 Å². The van der Waals surface area contributed by atoms with Crippen molar-refractivity contribution in [2.24, 2.45) is 5.92 Å². The number of carbonyl (C=O) groups is 1. The van der Waals surface area contributed by atoms with Gasteiger partial charge in [-0.1, -0.05) is 15.9 Å². The average Bonchev–Trinajstić information content (AvgIpc) is 2.90. The minimum Gasteiger partial charge on any atom is -0.466 e. The van der Waals surface area contributed by atoms with Crippen molar-refractivity contribution in [1.82, 2.24) is 4.98 Å². The standard InChI is InChI=1S/C15H17BrN2O3/c1-2-20-14(19)10-5-7-18(8-6-10)15-17-12-9-11(16)3-4-13(12)21-15/h3-4,9-10H,2,5-8H2,1H3. The summed E-state index contributed by atoms with van der Waals surface area (Å²) >= 11 is 3.43. The van der Waals surface area contributed by atoms with Crippen LogP contribution in [-0.4, -0.2) is 30.6 Å². The number of carbonyl (C=O) groups excluding carboxylic acids is 1. The van der Waals surface area contributed by atoms with E-state index in [-0.39, 0.29) is 11.9 Å². The van der Waals surface area contributed by atoms with Crippen LogP contribution in [0.5, 0.6) is 0 Å². The summed E-state index contributed by atoms with van der Waals surface area (Å²) in [7, 11) is 0. The van der Waals surface area contributed by atoms with Gasteiger partial charge < -0.3 is 14.1 Å². The second-order valence-corrected chi connectivity index (χ2v) is 6.04. The number of halogens is 1. The van der Waals surface area contributed by atoms with E-state index in [1.807, 2.05) is 25.1 Å². The Balaban J connectivity index is 1.69. The van der Waals surface area contributed by atoms with Gasteiger partial charge in [0.15, 0.2) is 5.58 Å². The van der Waals surface area contributed by atoms with E-state index in [1.165, 1.54) is 0 Å². The maximum absolute atomic E-state index is 11.7. The number of fused-ring (bicyclic) bond motifs is 1. The second kappa shape index (κ2) is 6.05. The molecule has 0 amide bonds. The summed E-state index contributed by atoms with van der Waals surface area (Å²) in [4.78, 5) is 18.3. The third-order valence-electron chi connectivity index (χ3n) is 3.72. The zero-order valence-corrected chi connectivity index (χ0v) is 13.4. The Morgan fingerprint density at radius 1 is 1.48 bits per heavy atom. The van der Waals surface area contributed by atoms with Gasteiger partial charge in [0.1, 0.15) is 5.52 Å². The monoisotopic (exact) mass is 352 g/mol. The molecule has 6 heteroatoms. The maximum atomic E-state index is 11.7.